The molecule has 0 bridgehead atoms. The van der Waals surface area contributed by atoms with Crippen molar-refractivity contribution in [3.63, 3.8) is 0 Å². The number of benzene rings is 1. The van der Waals surface area contributed by atoms with Crippen molar-refractivity contribution in [2.24, 2.45) is 0 Å². The molecule has 0 saturated heterocycles. The molecule has 3 nitrogen and oxygen atoms in total. The summed E-state index contributed by atoms with van der Waals surface area (Å²) in [6.45, 7) is 4.05. The molecule has 0 unspecified atom stereocenters. The molecular formula is C15H14F2N2O. The fourth-order valence-electron chi connectivity index (χ4n) is 1.77. The van der Waals surface area contributed by atoms with Gasteiger partial charge in [-0.2, -0.15) is 4.39 Å². The van der Waals surface area contributed by atoms with Crippen LogP contribution in [0.5, 0.6) is 0 Å². The Hall–Kier alpha value is -2.30. The van der Waals surface area contributed by atoms with Crippen LogP contribution in [0, 0.1) is 11.8 Å². The molecule has 0 radical (unpaired) electrons. The highest BCUT2D eigenvalue weighted by molar-refractivity contribution is 6.04. The highest BCUT2D eigenvalue weighted by atomic mass is 19.2. The van der Waals surface area contributed by atoms with Crippen molar-refractivity contribution in [2.75, 3.05) is 5.32 Å². The summed E-state index contributed by atoms with van der Waals surface area (Å²) in [7, 11) is 0. The van der Waals surface area contributed by atoms with Gasteiger partial charge in [-0.15, -0.1) is 0 Å². The Morgan fingerprint density at radius 2 is 2.00 bits per heavy atom. The van der Waals surface area contributed by atoms with Gasteiger partial charge in [0.15, 0.2) is 5.82 Å². The van der Waals surface area contributed by atoms with E-state index in [1.165, 1.54) is 0 Å². The van der Waals surface area contributed by atoms with Crippen LogP contribution in [0.3, 0.4) is 0 Å². The molecule has 1 amide bonds. The van der Waals surface area contributed by atoms with Crippen LogP contribution in [0.15, 0.2) is 36.5 Å². The predicted octanol–water partition coefficient (Wildman–Crippen LogP) is 3.74. The van der Waals surface area contributed by atoms with E-state index < -0.39 is 17.7 Å². The standard InChI is InChI=1S/C15H14F2N2O/c1-9(2)10-4-3-5-11(8-10)19-15(20)12-6-7-18-14(17)13(12)16/h3-9H,1-2H3,(H,19,20). The summed E-state index contributed by atoms with van der Waals surface area (Å²) in [4.78, 5) is 15.1. The number of aromatic nitrogens is 1. The largest absolute Gasteiger partial charge is 0.322 e. The lowest BCUT2D eigenvalue weighted by Crippen LogP contribution is -2.15. The molecule has 5 heteroatoms. The Labute approximate surface area is 115 Å². The van der Waals surface area contributed by atoms with Crippen LogP contribution in [-0.2, 0) is 0 Å². The summed E-state index contributed by atoms with van der Waals surface area (Å²) in [6, 6.07) is 8.37. The van der Waals surface area contributed by atoms with E-state index >= 15 is 0 Å². The Morgan fingerprint density at radius 3 is 2.70 bits per heavy atom. The number of anilines is 1. The number of nitrogens with zero attached hydrogens (tertiary/aromatic N) is 1. The number of nitrogens with one attached hydrogen (secondary N) is 1. The molecule has 0 saturated carbocycles. The summed E-state index contributed by atoms with van der Waals surface area (Å²) in [5, 5.41) is 2.55. The lowest BCUT2D eigenvalue weighted by molar-refractivity contribution is 0.102. The van der Waals surface area contributed by atoms with Gasteiger partial charge in [0.25, 0.3) is 5.91 Å². The average molecular weight is 276 g/mol. The summed E-state index contributed by atoms with van der Waals surface area (Å²) >= 11 is 0. The maximum Gasteiger partial charge on any atom is 0.258 e. The number of halogens is 2. The van der Waals surface area contributed by atoms with E-state index in [4.69, 9.17) is 0 Å². The highest BCUT2D eigenvalue weighted by Crippen LogP contribution is 2.19. The highest BCUT2D eigenvalue weighted by Gasteiger charge is 2.16. The first kappa shape index (κ1) is 14.1. The number of hydrogen-bond acceptors (Lipinski definition) is 2. The van der Waals surface area contributed by atoms with Gasteiger partial charge in [0, 0.05) is 11.9 Å². The van der Waals surface area contributed by atoms with Crippen LogP contribution >= 0.6 is 0 Å². The molecule has 0 aliphatic carbocycles. The molecular weight excluding hydrogens is 262 g/mol. The van der Waals surface area contributed by atoms with Crippen molar-refractivity contribution in [3.8, 4) is 0 Å². The maximum atomic E-state index is 13.5. The molecule has 0 aliphatic rings. The zero-order valence-corrected chi connectivity index (χ0v) is 11.2. The molecule has 1 aromatic carbocycles. The number of carbonyl (C=O) groups excluding carboxylic acids is 1. The minimum absolute atomic E-state index is 0.307. The zero-order valence-electron chi connectivity index (χ0n) is 11.2. The average Bonchev–Trinajstić information content (AvgIpc) is 2.42. The molecule has 1 N–H and O–H groups in total. The first-order chi connectivity index (χ1) is 9.49. The zero-order chi connectivity index (χ0) is 14.7. The van der Waals surface area contributed by atoms with Crippen molar-refractivity contribution >= 4 is 11.6 Å². The van der Waals surface area contributed by atoms with Crippen molar-refractivity contribution in [2.45, 2.75) is 19.8 Å². The Morgan fingerprint density at radius 1 is 1.25 bits per heavy atom. The quantitative estimate of drug-likeness (QED) is 0.868. The summed E-state index contributed by atoms with van der Waals surface area (Å²) < 4.78 is 26.4. The summed E-state index contributed by atoms with van der Waals surface area (Å²) in [5.41, 5.74) is 1.22. The summed E-state index contributed by atoms with van der Waals surface area (Å²) in [5.74, 6) is -2.93. The van der Waals surface area contributed by atoms with Gasteiger partial charge in [-0.05, 0) is 29.7 Å². The van der Waals surface area contributed by atoms with Gasteiger partial charge in [-0.25, -0.2) is 9.37 Å². The number of carbonyl (C=O) groups is 1. The second kappa shape index (κ2) is 5.77. The molecule has 2 aromatic rings. The first-order valence-electron chi connectivity index (χ1n) is 6.20. The predicted molar refractivity (Wildman–Crippen MR) is 72.6 cm³/mol. The minimum Gasteiger partial charge on any atom is -0.322 e. The number of pyridine rings is 1. The number of hydrogen-bond donors (Lipinski definition) is 1. The van der Waals surface area contributed by atoms with Crippen LogP contribution in [-0.4, -0.2) is 10.9 Å². The van der Waals surface area contributed by atoms with Crippen LogP contribution in [0.25, 0.3) is 0 Å². The second-order valence-electron chi connectivity index (χ2n) is 4.70. The van der Waals surface area contributed by atoms with E-state index in [0.717, 1.165) is 17.8 Å². The van der Waals surface area contributed by atoms with E-state index in [9.17, 15) is 13.6 Å². The molecule has 104 valence electrons. The lowest BCUT2D eigenvalue weighted by Gasteiger charge is -2.10. The van der Waals surface area contributed by atoms with E-state index in [-0.39, 0.29) is 5.56 Å². The van der Waals surface area contributed by atoms with Gasteiger partial charge in [-0.1, -0.05) is 26.0 Å². The Balaban J connectivity index is 2.24. The molecule has 2 rings (SSSR count). The van der Waals surface area contributed by atoms with Crippen LogP contribution in [0.1, 0.15) is 35.7 Å². The van der Waals surface area contributed by atoms with E-state index in [2.05, 4.69) is 10.3 Å². The third kappa shape index (κ3) is 2.99. The van der Waals surface area contributed by atoms with Crippen molar-refractivity contribution in [1.29, 1.82) is 0 Å². The smallest absolute Gasteiger partial charge is 0.258 e. The molecule has 0 aliphatic heterocycles. The summed E-state index contributed by atoms with van der Waals surface area (Å²) in [6.07, 6.45) is 1.05. The number of rotatable bonds is 3. The van der Waals surface area contributed by atoms with Crippen molar-refractivity contribution in [3.05, 3.63) is 59.4 Å². The Kier molecular flexibility index (Phi) is 4.08. The van der Waals surface area contributed by atoms with Gasteiger partial charge in [-0.3, -0.25) is 4.79 Å². The fraction of sp³-hybridized carbons (Fsp3) is 0.200. The molecule has 0 spiro atoms. The first-order valence-corrected chi connectivity index (χ1v) is 6.20. The third-order valence-corrected chi connectivity index (χ3v) is 2.90. The molecule has 1 heterocycles. The fourth-order valence-corrected chi connectivity index (χ4v) is 1.77. The molecule has 1 aromatic heterocycles. The van der Waals surface area contributed by atoms with Gasteiger partial charge in [0.1, 0.15) is 0 Å². The van der Waals surface area contributed by atoms with Crippen LogP contribution in [0.2, 0.25) is 0 Å². The van der Waals surface area contributed by atoms with E-state index in [1.807, 2.05) is 19.9 Å². The SMILES string of the molecule is CC(C)c1cccc(NC(=O)c2ccnc(F)c2F)c1. The monoisotopic (exact) mass is 276 g/mol. The van der Waals surface area contributed by atoms with Crippen LogP contribution < -0.4 is 5.32 Å². The lowest BCUT2D eigenvalue weighted by atomic mass is 10.0. The van der Waals surface area contributed by atoms with Gasteiger partial charge >= 0.3 is 0 Å². The van der Waals surface area contributed by atoms with Crippen molar-refractivity contribution < 1.29 is 13.6 Å². The minimum atomic E-state index is -1.28. The molecule has 0 atom stereocenters. The number of amides is 1. The van der Waals surface area contributed by atoms with Crippen LogP contribution in [0.4, 0.5) is 14.5 Å². The third-order valence-electron chi connectivity index (χ3n) is 2.90. The molecule has 0 fully saturated rings. The second-order valence-corrected chi connectivity index (χ2v) is 4.70. The van der Waals surface area contributed by atoms with Gasteiger partial charge in [0.2, 0.25) is 5.95 Å². The van der Waals surface area contributed by atoms with E-state index in [1.54, 1.807) is 18.2 Å². The molecule has 20 heavy (non-hydrogen) atoms. The normalized spacial score (nSPS) is 10.7. The topological polar surface area (TPSA) is 42.0 Å². The van der Waals surface area contributed by atoms with Gasteiger partial charge in [0.05, 0.1) is 5.56 Å². The Bertz CT molecular complexity index is 642. The van der Waals surface area contributed by atoms with Gasteiger partial charge < -0.3 is 5.32 Å². The van der Waals surface area contributed by atoms with Crippen molar-refractivity contribution in [1.82, 2.24) is 4.98 Å². The van der Waals surface area contributed by atoms with E-state index in [0.29, 0.717) is 11.6 Å². The maximum absolute atomic E-state index is 13.5.